The number of carbonyl (C=O) groups excluding carboxylic acids is 12. The van der Waals surface area contributed by atoms with Gasteiger partial charge in [0.25, 0.3) is 70.9 Å². The Bertz CT molecular complexity index is 5790. The molecule has 1 N–H and O–H groups in total. The first-order chi connectivity index (χ1) is 62.0. The molecular formula is C110H112N6O12. The van der Waals surface area contributed by atoms with Crippen molar-refractivity contribution in [1.82, 2.24) is 15.1 Å². The second-order valence-electron chi connectivity index (χ2n) is 34.2. The number of hydrogen-bond donors (Lipinski definition) is 1. The van der Waals surface area contributed by atoms with E-state index in [1.807, 2.05) is 91.1 Å². The Morgan fingerprint density at radius 3 is 0.594 bits per heavy atom. The molecule has 0 fully saturated rings. The lowest BCUT2D eigenvalue weighted by molar-refractivity contribution is 0.0592. The molecule has 18 nitrogen and oxygen atoms in total. The van der Waals surface area contributed by atoms with Crippen LogP contribution in [0.1, 0.15) is 315 Å². The topological polar surface area (TPSA) is 233 Å². The van der Waals surface area contributed by atoms with Crippen molar-refractivity contribution in [3.05, 3.63) is 343 Å². The molecule has 0 saturated carbocycles. The van der Waals surface area contributed by atoms with Crippen molar-refractivity contribution in [1.29, 1.82) is 0 Å². The van der Waals surface area contributed by atoms with Crippen molar-refractivity contribution in [2.24, 2.45) is 0 Å². The molecule has 128 heavy (non-hydrogen) atoms. The Kier molecular flexibility index (Phi) is 28.9. The average Bonchev–Trinajstić information content (AvgIpc) is 0.717. The highest BCUT2D eigenvalue weighted by Crippen LogP contribution is 2.47. The lowest BCUT2D eigenvalue weighted by atomic mass is 9.72. The first-order valence-corrected chi connectivity index (χ1v) is 44.9. The Hall–Kier alpha value is -13.7. The van der Waals surface area contributed by atoms with Crippen LogP contribution in [0.4, 0.5) is 17.1 Å². The summed E-state index contributed by atoms with van der Waals surface area (Å²) in [5, 5.41) is 4.55. The Balaban J connectivity index is 0.000000166. The lowest BCUT2D eigenvalue weighted by Crippen LogP contribution is -2.43. The van der Waals surface area contributed by atoms with E-state index in [-0.39, 0.29) is 62.1 Å². The smallest absolute Gasteiger partial charge is 0.265 e. The maximum Gasteiger partial charge on any atom is 0.265 e. The monoisotopic (exact) mass is 1710 g/mol. The minimum Gasteiger partial charge on any atom is -0.288 e. The van der Waals surface area contributed by atoms with E-state index >= 15 is 0 Å². The van der Waals surface area contributed by atoms with E-state index in [0.29, 0.717) is 107 Å². The molecule has 0 unspecified atom stereocenters. The van der Waals surface area contributed by atoms with Crippen LogP contribution in [0.5, 0.6) is 0 Å². The van der Waals surface area contributed by atoms with Crippen molar-refractivity contribution < 1.29 is 57.5 Å². The highest BCUT2D eigenvalue weighted by atomic mass is 16.2. The van der Waals surface area contributed by atoms with Crippen LogP contribution in [0.3, 0.4) is 0 Å². The number of nitrogens with zero attached hydrogens (tertiary/aromatic N) is 5. The van der Waals surface area contributed by atoms with Gasteiger partial charge >= 0.3 is 0 Å². The predicted octanol–water partition coefficient (Wildman–Crippen LogP) is 24.2. The fourth-order valence-electron chi connectivity index (χ4n) is 19.8. The molecule has 15 rings (SSSR count). The van der Waals surface area contributed by atoms with Gasteiger partial charge in [-0.25, -0.2) is 14.7 Å². The van der Waals surface area contributed by atoms with E-state index in [0.717, 1.165) is 131 Å². The zero-order valence-electron chi connectivity index (χ0n) is 73.6. The zero-order valence-corrected chi connectivity index (χ0v) is 73.6. The molecule has 0 bridgehead atoms. The fourth-order valence-corrected chi connectivity index (χ4v) is 19.8. The third-order valence-electron chi connectivity index (χ3n) is 26.2. The predicted molar refractivity (Wildman–Crippen MR) is 511 cm³/mol. The molecule has 9 aromatic carbocycles. The number of benzene rings is 9. The summed E-state index contributed by atoms with van der Waals surface area (Å²) < 4.78 is 0. The summed E-state index contributed by atoms with van der Waals surface area (Å²) in [4.78, 5) is 168. The summed E-state index contributed by atoms with van der Waals surface area (Å²) in [5.41, 5.74) is 7.39. The van der Waals surface area contributed by atoms with Crippen LogP contribution in [0.25, 0.3) is 32.3 Å². The third kappa shape index (κ3) is 17.2. The van der Waals surface area contributed by atoms with E-state index in [9.17, 15) is 57.5 Å². The van der Waals surface area contributed by atoms with Crippen molar-refractivity contribution >= 4 is 120 Å². The van der Waals surface area contributed by atoms with Gasteiger partial charge in [0.1, 0.15) is 0 Å². The van der Waals surface area contributed by atoms with E-state index in [4.69, 9.17) is 0 Å². The molecular weight excluding hydrogens is 1600 g/mol. The van der Waals surface area contributed by atoms with Gasteiger partial charge < -0.3 is 0 Å². The molecule has 6 aliphatic rings. The Morgan fingerprint density at radius 1 is 0.227 bits per heavy atom. The second kappa shape index (κ2) is 40.3. The van der Waals surface area contributed by atoms with Gasteiger partial charge in [-0.3, -0.25) is 72.7 Å². The molecule has 0 radical (unpaired) electrons. The average molecular weight is 1710 g/mol. The number of carbonyl (C=O) groups is 12. The SMILES string of the molecule is C=CCC(CC=C)(CC=C)c1ccc(N2C(=O)c3ccc4c5c(ccc(c35)C2=O)C(=O)N(CCCCCCCC)C4=O)cc1.C=CCC(CC=C)(CC=C)c1ccc(N2C(=O)c3ccc4c5c(ccc(c35)C2=O)C(=O)N(CCCCCCCCCCCC)C4=O)cc1.C=CCC(CC=C)(CC=C)c1ccc(N2C(=O)c3ccc4c5c(ccc(c35)C2=O)C(=O)NC4=O)cc1. The van der Waals surface area contributed by atoms with Gasteiger partial charge in [0.05, 0.1) is 17.1 Å². The van der Waals surface area contributed by atoms with Crippen molar-refractivity contribution in [3.63, 3.8) is 0 Å². The number of unbranched alkanes of at least 4 members (excludes halogenated alkanes) is 14. The normalized spacial score (nSPS) is 14.4. The van der Waals surface area contributed by atoms with Crippen LogP contribution in [0, 0.1) is 0 Å². The van der Waals surface area contributed by atoms with E-state index in [1.165, 1.54) is 83.1 Å². The Labute approximate surface area is 749 Å². The summed E-state index contributed by atoms with van der Waals surface area (Å²) in [7, 11) is 0. The molecule has 6 heterocycles. The third-order valence-corrected chi connectivity index (χ3v) is 26.2. The quantitative estimate of drug-likeness (QED) is 0.0214. The van der Waals surface area contributed by atoms with Crippen LogP contribution in [0.2, 0.25) is 0 Å². The minimum atomic E-state index is -0.545. The number of imide groups is 6. The maximum atomic E-state index is 14.0. The number of hydrogen-bond acceptors (Lipinski definition) is 12. The number of allylic oxidation sites excluding steroid dienone is 9. The van der Waals surface area contributed by atoms with Crippen molar-refractivity contribution in [2.45, 2.75) is 191 Å². The molecule has 12 amide bonds. The van der Waals surface area contributed by atoms with Crippen LogP contribution in [0.15, 0.2) is 259 Å². The van der Waals surface area contributed by atoms with Gasteiger partial charge in [-0.05, 0) is 197 Å². The molecule has 0 saturated heterocycles. The molecule has 6 aliphatic heterocycles. The number of nitrogens with one attached hydrogen (secondary N) is 1. The van der Waals surface area contributed by atoms with Crippen molar-refractivity contribution in [2.75, 3.05) is 27.8 Å². The largest absolute Gasteiger partial charge is 0.288 e. The summed E-state index contributed by atoms with van der Waals surface area (Å²) in [6, 6.07) is 41.4. The van der Waals surface area contributed by atoms with Gasteiger partial charge in [0.15, 0.2) is 0 Å². The highest BCUT2D eigenvalue weighted by molar-refractivity contribution is 6.42. The first kappa shape index (κ1) is 91.9. The molecule has 0 atom stereocenters. The van der Waals surface area contributed by atoms with E-state index in [1.54, 1.807) is 97.1 Å². The van der Waals surface area contributed by atoms with Gasteiger partial charge in [-0.15, -0.1) is 59.2 Å². The van der Waals surface area contributed by atoms with Crippen LogP contribution in [-0.2, 0) is 16.2 Å². The second-order valence-corrected chi connectivity index (χ2v) is 34.2. The highest BCUT2D eigenvalue weighted by Gasteiger charge is 2.45. The maximum absolute atomic E-state index is 14.0. The summed E-state index contributed by atoms with van der Waals surface area (Å²) >= 11 is 0. The first-order valence-electron chi connectivity index (χ1n) is 44.9. The summed E-state index contributed by atoms with van der Waals surface area (Å²) in [6.45, 7) is 40.5. The summed E-state index contributed by atoms with van der Waals surface area (Å²) in [5.74, 6) is -5.51. The van der Waals surface area contributed by atoms with Crippen LogP contribution >= 0.6 is 0 Å². The molecule has 9 aromatic rings. The van der Waals surface area contributed by atoms with Gasteiger partial charge in [0.2, 0.25) is 0 Å². The minimum absolute atomic E-state index is 0.258. The summed E-state index contributed by atoms with van der Waals surface area (Å²) in [6.07, 6.45) is 41.4. The molecule has 0 aliphatic carbocycles. The number of rotatable bonds is 42. The Morgan fingerprint density at radius 2 is 0.398 bits per heavy atom. The fraction of sp³-hybridized carbons (Fsp3) is 0.291. The van der Waals surface area contributed by atoms with Crippen molar-refractivity contribution in [3.8, 4) is 0 Å². The van der Waals surface area contributed by atoms with Gasteiger partial charge in [-0.2, -0.15) is 0 Å². The van der Waals surface area contributed by atoms with Gasteiger partial charge in [0, 0.05) is 128 Å². The number of anilines is 3. The van der Waals surface area contributed by atoms with Crippen LogP contribution < -0.4 is 20.0 Å². The molecule has 18 heteroatoms. The molecule has 0 spiro atoms. The standard InChI is InChI=1S/C42H48N2O4.C38H40N2O4.C30H24N2O4/c1-5-9-10-11-12-13-14-15-16-17-29-43-38(45)32-22-24-34-37-35(25-23-33(36(32)37)39(43)46)41(48)44(40(34)47)31-20-18-30(19-21-31)42(26-6-2,27-7-3)28-8-4;1-5-9-10-11-12-13-25-39-34(41)28-18-20-30-33-31(21-19-29(32(28)33)35(39)42)37(44)40(36(30)43)27-16-14-26(15-17-27)38(22-6-2,23-7-3)24-8-4;1-4-15-30(16-5-2,17-6-3)18-7-9-19(10-8-18)32-28(35)22-13-11-20-24-21(27(34)31-26(20)33)12-14-23(25(22)24)29(32)36/h6-8,18-25H,2-5,9-17,26-29H2,1H3;6-8,14-21H,2-5,9-13,22-25H2,1H3;4-14H,1-3,15-17H2,(H,31,33,34). The lowest BCUT2D eigenvalue weighted by Gasteiger charge is -2.33. The molecule has 654 valence electrons. The van der Waals surface area contributed by atoms with E-state index in [2.05, 4.69) is 78.4 Å². The van der Waals surface area contributed by atoms with Gasteiger partial charge in [-0.1, -0.05) is 195 Å². The molecule has 0 aromatic heterocycles. The van der Waals surface area contributed by atoms with E-state index < -0.39 is 47.3 Å². The number of amides is 12. The van der Waals surface area contributed by atoms with Crippen LogP contribution in [-0.4, -0.2) is 93.8 Å². The zero-order chi connectivity index (χ0) is 91.3.